The van der Waals surface area contributed by atoms with Gasteiger partial charge in [-0.3, -0.25) is 0 Å². The first-order valence-corrected chi connectivity index (χ1v) is 10.9. The fourth-order valence-corrected chi connectivity index (χ4v) is 4.25. The molecule has 0 bridgehead atoms. The number of nitrogens with one attached hydrogen (secondary N) is 3. The molecule has 0 spiro atoms. The number of benzene rings is 2. The van der Waals surface area contributed by atoms with Crippen molar-refractivity contribution in [3.8, 4) is 0 Å². The van der Waals surface area contributed by atoms with Crippen LogP contribution in [-0.2, 0) is 0 Å². The van der Waals surface area contributed by atoms with Crippen molar-refractivity contribution in [3.05, 3.63) is 54.2 Å². The molecule has 1 fully saturated rings. The van der Waals surface area contributed by atoms with E-state index in [2.05, 4.69) is 39.8 Å². The van der Waals surface area contributed by atoms with Gasteiger partial charge in [0, 0.05) is 33.4 Å². The van der Waals surface area contributed by atoms with Crippen molar-refractivity contribution >= 4 is 40.1 Å². The van der Waals surface area contributed by atoms with Crippen molar-refractivity contribution in [1.29, 1.82) is 0 Å². The molecule has 0 atom stereocenters. The van der Waals surface area contributed by atoms with Gasteiger partial charge >= 0.3 is 6.03 Å². The van der Waals surface area contributed by atoms with Crippen molar-refractivity contribution in [1.82, 2.24) is 9.88 Å². The maximum Gasteiger partial charge on any atom is 0.323 e. The van der Waals surface area contributed by atoms with Crippen molar-refractivity contribution in [2.45, 2.75) is 23.7 Å². The Morgan fingerprint density at radius 1 is 1.07 bits per heavy atom. The highest BCUT2D eigenvalue weighted by Crippen LogP contribution is 2.34. The molecule has 2 amide bonds. The van der Waals surface area contributed by atoms with Gasteiger partial charge in [-0.15, -0.1) is 11.8 Å². The van der Waals surface area contributed by atoms with Crippen LogP contribution in [0.25, 0.3) is 10.9 Å². The molecule has 1 aliphatic rings. The number of aromatic amines is 1. The lowest BCUT2D eigenvalue weighted by atomic mass is 9.89. The molecule has 1 aromatic heterocycles. The zero-order chi connectivity index (χ0) is 19.5. The lowest BCUT2D eigenvalue weighted by Gasteiger charge is -2.28. The molecular formula is C22H26N4OS. The van der Waals surface area contributed by atoms with Gasteiger partial charge in [-0.05, 0) is 93.2 Å². The number of fused-ring (bicyclic) bond motifs is 1. The number of urea groups is 1. The van der Waals surface area contributed by atoms with Crippen LogP contribution in [0.2, 0.25) is 0 Å². The first kappa shape index (κ1) is 18.9. The zero-order valence-electron chi connectivity index (χ0n) is 16.3. The average Bonchev–Trinajstić information content (AvgIpc) is 3.12. The molecule has 2 aromatic carbocycles. The number of amides is 2. The number of aromatic nitrogens is 1. The van der Waals surface area contributed by atoms with Crippen molar-refractivity contribution in [2.75, 3.05) is 37.0 Å². The van der Waals surface area contributed by atoms with E-state index in [1.165, 1.54) is 28.7 Å². The Bertz CT molecular complexity index is 958. The summed E-state index contributed by atoms with van der Waals surface area (Å²) in [6.45, 7) is 2.26. The van der Waals surface area contributed by atoms with E-state index in [1.54, 1.807) is 11.8 Å². The van der Waals surface area contributed by atoms with Crippen LogP contribution in [0.1, 0.15) is 24.3 Å². The lowest BCUT2D eigenvalue weighted by molar-refractivity contribution is 0.256. The summed E-state index contributed by atoms with van der Waals surface area (Å²) in [6, 6.07) is 13.7. The maximum absolute atomic E-state index is 12.4. The molecule has 5 nitrogen and oxygen atoms in total. The number of piperidine rings is 1. The van der Waals surface area contributed by atoms with Crippen LogP contribution in [0, 0.1) is 0 Å². The molecule has 0 radical (unpaired) electrons. The molecule has 4 rings (SSSR count). The van der Waals surface area contributed by atoms with Crippen molar-refractivity contribution in [2.24, 2.45) is 0 Å². The van der Waals surface area contributed by atoms with E-state index in [-0.39, 0.29) is 6.03 Å². The third-order valence-corrected chi connectivity index (χ3v) is 6.22. The van der Waals surface area contributed by atoms with E-state index >= 15 is 0 Å². The SMILES string of the molecule is CSc1ccc(NC(=O)Nc2ccc3[nH]cc(C4CCN(C)CC4)c3c2)cc1. The fraction of sp³-hybridized carbons (Fsp3) is 0.318. The number of thioether (sulfide) groups is 1. The highest BCUT2D eigenvalue weighted by Gasteiger charge is 2.21. The number of carbonyl (C=O) groups excluding carboxylic acids is 1. The Hall–Kier alpha value is -2.44. The second-order valence-electron chi connectivity index (χ2n) is 7.39. The third kappa shape index (κ3) is 4.18. The minimum atomic E-state index is -0.229. The van der Waals surface area contributed by atoms with E-state index in [9.17, 15) is 4.79 Å². The summed E-state index contributed by atoms with van der Waals surface area (Å²) in [4.78, 5) is 19.3. The van der Waals surface area contributed by atoms with Crippen molar-refractivity contribution < 1.29 is 4.79 Å². The quantitative estimate of drug-likeness (QED) is 0.523. The minimum Gasteiger partial charge on any atom is -0.361 e. The van der Waals surface area contributed by atoms with E-state index in [1.807, 2.05) is 42.7 Å². The lowest BCUT2D eigenvalue weighted by Crippen LogP contribution is -2.29. The molecule has 3 aromatic rings. The standard InChI is InChI=1S/C22H26N4OS/c1-26-11-9-15(10-12-26)20-14-23-21-8-5-17(13-19(20)21)25-22(27)24-16-3-6-18(28-2)7-4-16/h3-8,13-15,23H,9-12H2,1-2H3,(H2,24,25,27). The number of H-pyrrole nitrogens is 1. The first-order chi connectivity index (χ1) is 13.6. The molecule has 0 unspecified atom stereocenters. The minimum absolute atomic E-state index is 0.229. The Balaban J connectivity index is 1.47. The molecule has 1 saturated heterocycles. The van der Waals surface area contributed by atoms with Crippen LogP contribution >= 0.6 is 11.8 Å². The topological polar surface area (TPSA) is 60.2 Å². The zero-order valence-corrected chi connectivity index (χ0v) is 17.1. The molecule has 0 aliphatic carbocycles. The van der Waals surface area contributed by atoms with Gasteiger partial charge < -0.3 is 20.5 Å². The molecular weight excluding hydrogens is 368 g/mol. The number of nitrogens with zero attached hydrogens (tertiary/aromatic N) is 1. The van der Waals surface area contributed by atoms with Gasteiger partial charge in [0.1, 0.15) is 0 Å². The third-order valence-electron chi connectivity index (χ3n) is 5.48. The largest absolute Gasteiger partial charge is 0.361 e. The van der Waals surface area contributed by atoms with E-state index in [4.69, 9.17) is 0 Å². The first-order valence-electron chi connectivity index (χ1n) is 9.64. The van der Waals surface area contributed by atoms with Gasteiger partial charge in [-0.25, -0.2) is 4.79 Å². The highest BCUT2D eigenvalue weighted by atomic mass is 32.2. The van der Waals surface area contributed by atoms with Gasteiger partial charge in [0.05, 0.1) is 0 Å². The summed E-state index contributed by atoms with van der Waals surface area (Å²) < 4.78 is 0. The van der Waals surface area contributed by atoms with Crippen LogP contribution in [0.5, 0.6) is 0 Å². The number of rotatable bonds is 4. The number of hydrogen-bond acceptors (Lipinski definition) is 3. The molecule has 6 heteroatoms. The van der Waals surface area contributed by atoms with Gasteiger partial charge in [0.2, 0.25) is 0 Å². The summed E-state index contributed by atoms with van der Waals surface area (Å²) in [5.41, 5.74) is 4.07. The summed E-state index contributed by atoms with van der Waals surface area (Å²) in [7, 11) is 2.18. The monoisotopic (exact) mass is 394 g/mol. The molecule has 1 aliphatic heterocycles. The molecule has 3 N–H and O–H groups in total. The van der Waals surface area contributed by atoms with Crippen LogP contribution in [0.15, 0.2) is 53.6 Å². The predicted molar refractivity (Wildman–Crippen MR) is 119 cm³/mol. The van der Waals surface area contributed by atoms with Crippen molar-refractivity contribution in [3.63, 3.8) is 0 Å². The Morgan fingerprint density at radius 2 is 1.75 bits per heavy atom. The average molecular weight is 395 g/mol. The highest BCUT2D eigenvalue weighted by molar-refractivity contribution is 7.98. The summed E-state index contributed by atoms with van der Waals surface area (Å²) in [6.07, 6.45) is 6.52. The van der Waals surface area contributed by atoms with Crippen LogP contribution in [-0.4, -0.2) is 42.3 Å². The van der Waals surface area contributed by atoms with E-state index in [0.717, 1.165) is 30.0 Å². The Labute approximate surface area is 169 Å². The van der Waals surface area contributed by atoms with Crippen LogP contribution in [0.4, 0.5) is 16.2 Å². The number of anilines is 2. The summed E-state index contributed by atoms with van der Waals surface area (Å²) >= 11 is 1.68. The Morgan fingerprint density at radius 3 is 2.46 bits per heavy atom. The van der Waals surface area contributed by atoms with Gasteiger partial charge in [-0.1, -0.05) is 0 Å². The predicted octanol–water partition coefficient (Wildman–Crippen LogP) is 5.34. The van der Waals surface area contributed by atoms with Crippen LogP contribution in [0.3, 0.4) is 0 Å². The normalized spacial score (nSPS) is 15.6. The summed E-state index contributed by atoms with van der Waals surface area (Å²) in [5, 5.41) is 7.06. The number of carbonyl (C=O) groups is 1. The Kier molecular flexibility index (Phi) is 5.59. The number of hydrogen-bond donors (Lipinski definition) is 3. The molecule has 28 heavy (non-hydrogen) atoms. The van der Waals surface area contributed by atoms with Gasteiger partial charge in [0.15, 0.2) is 0 Å². The van der Waals surface area contributed by atoms with E-state index < -0.39 is 0 Å². The maximum atomic E-state index is 12.4. The summed E-state index contributed by atoms with van der Waals surface area (Å²) in [5.74, 6) is 0.573. The fourth-order valence-electron chi connectivity index (χ4n) is 3.85. The van der Waals surface area contributed by atoms with Gasteiger partial charge in [-0.2, -0.15) is 0 Å². The van der Waals surface area contributed by atoms with E-state index in [0.29, 0.717) is 5.92 Å². The molecule has 2 heterocycles. The second kappa shape index (κ2) is 8.29. The van der Waals surface area contributed by atoms with Crippen LogP contribution < -0.4 is 10.6 Å². The molecule has 0 saturated carbocycles. The van der Waals surface area contributed by atoms with Gasteiger partial charge in [0.25, 0.3) is 0 Å². The smallest absolute Gasteiger partial charge is 0.323 e. The number of likely N-dealkylation sites (tertiary alicyclic amines) is 1. The molecule has 146 valence electrons. The second-order valence-corrected chi connectivity index (χ2v) is 8.27.